The summed E-state index contributed by atoms with van der Waals surface area (Å²) in [6.45, 7) is 8.98. The molecule has 4 aromatic rings. The topological polar surface area (TPSA) is 110 Å². The average molecular weight is 488 g/mol. The van der Waals surface area contributed by atoms with Gasteiger partial charge >= 0.3 is 0 Å². The Morgan fingerprint density at radius 3 is 2.67 bits per heavy atom. The molecule has 0 amide bonds. The molecular weight excluding hydrogens is 454 g/mol. The molecule has 36 heavy (non-hydrogen) atoms. The molecule has 0 fully saturated rings. The summed E-state index contributed by atoms with van der Waals surface area (Å²) in [5.74, 6) is 0.943. The standard InChI is InChI=1S/C28H33N5O3/c1-17-10-20(11-18(2)23(17)12-21(35)16-34)26-30-27(36-32-26)25-22-7-8-28(3,4)13-24(22)33(31-25)15-19-6-5-9-29-14-19/h5-6,9-11,14,21,34-35H,7-8,12-13,15-16H2,1-4H3. The molecule has 5 rings (SSSR count). The first-order valence-corrected chi connectivity index (χ1v) is 12.4. The first-order valence-electron chi connectivity index (χ1n) is 12.4. The van der Waals surface area contributed by atoms with Crippen molar-refractivity contribution in [3.8, 4) is 23.0 Å². The molecule has 8 nitrogen and oxygen atoms in total. The number of pyridine rings is 1. The summed E-state index contributed by atoms with van der Waals surface area (Å²) in [7, 11) is 0. The van der Waals surface area contributed by atoms with Gasteiger partial charge in [0.15, 0.2) is 5.69 Å². The fraction of sp³-hybridized carbons (Fsp3) is 0.429. The molecule has 2 N–H and O–H groups in total. The van der Waals surface area contributed by atoms with Crippen LogP contribution in [0.2, 0.25) is 0 Å². The number of aliphatic hydroxyl groups is 2. The number of aryl methyl sites for hydroxylation is 2. The Bertz CT molecular complexity index is 1350. The third kappa shape index (κ3) is 4.83. The highest BCUT2D eigenvalue weighted by molar-refractivity contribution is 5.63. The largest absolute Gasteiger partial charge is 0.394 e. The van der Waals surface area contributed by atoms with Gasteiger partial charge in [-0.3, -0.25) is 9.67 Å². The first kappa shape index (κ1) is 24.3. The lowest BCUT2D eigenvalue weighted by molar-refractivity contribution is 0.0953. The molecule has 1 unspecified atom stereocenters. The van der Waals surface area contributed by atoms with Gasteiger partial charge in [-0.25, -0.2) is 0 Å². The summed E-state index contributed by atoms with van der Waals surface area (Å²) < 4.78 is 7.83. The Morgan fingerprint density at radius 2 is 1.97 bits per heavy atom. The summed E-state index contributed by atoms with van der Waals surface area (Å²) >= 11 is 0. The van der Waals surface area contributed by atoms with E-state index >= 15 is 0 Å². The molecule has 0 bridgehead atoms. The predicted octanol–water partition coefficient (Wildman–Crippen LogP) is 4.07. The van der Waals surface area contributed by atoms with Gasteiger partial charge in [-0.15, -0.1) is 0 Å². The highest BCUT2D eigenvalue weighted by Gasteiger charge is 2.33. The second-order valence-corrected chi connectivity index (χ2v) is 10.7. The molecular formula is C28H33N5O3. The van der Waals surface area contributed by atoms with Crippen LogP contribution in [0.15, 0.2) is 41.2 Å². The summed E-state index contributed by atoms with van der Waals surface area (Å²) in [6.07, 6.45) is 6.22. The Hall–Kier alpha value is -3.36. The van der Waals surface area contributed by atoms with Crippen molar-refractivity contribution >= 4 is 0 Å². The summed E-state index contributed by atoms with van der Waals surface area (Å²) in [5.41, 5.74) is 8.39. The lowest BCUT2D eigenvalue weighted by Gasteiger charge is -2.30. The van der Waals surface area contributed by atoms with Crippen LogP contribution >= 0.6 is 0 Å². The molecule has 1 atom stereocenters. The van der Waals surface area contributed by atoms with Gasteiger partial charge in [-0.1, -0.05) is 25.1 Å². The van der Waals surface area contributed by atoms with Crippen molar-refractivity contribution < 1.29 is 14.7 Å². The minimum atomic E-state index is -0.775. The maximum absolute atomic E-state index is 9.90. The zero-order chi connectivity index (χ0) is 25.4. The van der Waals surface area contributed by atoms with Crippen LogP contribution in [-0.2, 0) is 25.8 Å². The lowest BCUT2D eigenvalue weighted by Crippen LogP contribution is -2.24. The van der Waals surface area contributed by atoms with Gasteiger partial charge in [0.05, 0.1) is 19.3 Å². The Kier molecular flexibility index (Phi) is 6.49. The maximum atomic E-state index is 9.90. The van der Waals surface area contributed by atoms with Crippen LogP contribution in [0.1, 0.15) is 53.8 Å². The fourth-order valence-electron chi connectivity index (χ4n) is 5.15. The van der Waals surface area contributed by atoms with Gasteiger partial charge in [0.25, 0.3) is 5.89 Å². The van der Waals surface area contributed by atoms with E-state index < -0.39 is 6.10 Å². The SMILES string of the molecule is Cc1cc(-c2noc(-c3nn(Cc4cccnc4)c4c3CCC(C)(C)C4)n2)cc(C)c1CC(O)CO. The van der Waals surface area contributed by atoms with Crippen LogP contribution in [0, 0.1) is 19.3 Å². The second-order valence-electron chi connectivity index (χ2n) is 10.7. The summed E-state index contributed by atoms with van der Waals surface area (Å²) in [6, 6.07) is 8.01. The lowest BCUT2D eigenvalue weighted by atomic mass is 9.76. The van der Waals surface area contributed by atoms with Crippen molar-refractivity contribution in [1.29, 1.82) is 0 Å². The summed E-state index contributed by atoms with van der Waals surface area (Å²) in [5, 5.41) is 28.4. The van der Waals surface area contributed by atoms with Crippen LogP contribution in [0.5, 0.6) is 0 Å². The Balaban J connectivity index is 1.50. The monoisotopic (exact) mass is 487 g/mol. The Labute approximate surface area is 211 Å². The molecule has 0 aliphatic heterocycles. The van der Waals surface area contributed by atoms with Crippen LogP contribution in [0.25, 0.3) is 23.0 Å². The van der Waals surface area contributed by atoms with Crippen molar-refractivity contribution in [2.24, 2.45) is 5.41 Å². The van der Waals surface area contributed by atoms with Gasteiger partial charge in [0.2, 0.25) is 5.82 Å². The number of benzene rings is 1. The average Bonchev–Trinajstić information content (AvgIpc) is 3.46. The van der Waals surface area contributed by atoms with Crippen LogP contribution < -0.4 is 0 Å². The quantitative estimate of drug-likeness (QED) is 0.404. The number of rotatable bonds is 7. The van der Waals surface area contributed by atoms with Gasteiger partial charge in [0, 0.05) is 35.6 Å². The van der Waals surface area contributed by atoms with E-state index in [4.69, 9.17) is 14.6 Å². The predicted molar refractivity (Wildman–Crippen MR) is 136 cm³/mol. The van der Waals surface area contributed by atoms with E-state index in [0.29, 0.717) is 24.7 Å². The highest BCUT2D eigenvalue weighted by atomic mass is 16.5. The van der Waals surface area contributed by atoms with Crippen molar-refractivity contribution in [3.63, 3.8) is 0 Å². The number of fused-ring (bicyclic) bond motifs is 1. The van der Waals surface area contributed by atoms with Crippen molar-refractivity contribution in [2.45, 2.75) is 66.0 Å². The van der Waals surface area contributed by atoms with E-state index in [1.807, 2.05) is 38.2 Å². The minimum Gasteiger partial charge on any atom is -0.394 e. The van der Waals surface area contributed by atoms with Gasteiger partial charge in [-0.05, 0) is 79.0 Å². The number of aliphatic hydroxyl groups excluding tert-OH is 2. The van der Waals surface area contributed by atoms with Gasteiger partial charge < -0.3 is 14.7 Å². The molecule has 0 spiro atoms. The normalized spacial score (nSPS) is 15.6. The van der Waals surface area contributed by atoms with E-state index in [1.165, 1.54) is 11.3 Å². The first-order chi connectivity index (χ1) is 17.2. The number of nitrogens with zero attached hydrogens (tertiary/aromatic N) is 5. The Morgan fingerprint density at radius 1 is 1.19 bits per heavy atom. The number of aromatic nitrogens is 5. The van der Waals surface area contributed by atoms with E-state index in [0.717, 1.165) is 52.8 Å². The molecule has 0 radical (unpaired) electrons. The molecule has 188 valence electrons. The van der Waals surface area contributed by atoms with Crippen LogP contribution in [-0.4, -0.2) is 47.8 Å². The zero-order valence-corrected chi connectivity index (χ0v) is 21.3. The number of hydrogen-bond donors (Lipinski definition) is 2. The second kappa shape index (κ2) is 9.59. The van der Waals surface area contributed by atoms with E-state index in [2.05, 4.69) is 34.7 Å². The molecule has 3 aromatic heterocycles. The zero-order valence-electron chi connectivity index (χ0n) is 21.3. The molecule has 1 aromatic carbocycles. The van der Waals surface area contributed by atoms with Gasteiger partial charge in [-0.2, -0.15) is 10.1 Å². The minimum absolute atomic E-state index is 0.206. The smallest absolute Gasteiger partial charge is 0.279 e. The van der Waals surface area contributed by atoms with Crippen molar-refractivity contribution in [2.75, 3.05) is 6.61 Å². The molecule has 0 saturated carbocycles. The van der Waals surface area contributed by atoms with Gasteiger partial charge in [0.1, 0.15) is 0 Å². The molecule has 1 aliphatic rings. The third-order valence-electron chi connectivity index (χ3n) is 7.15. The van der Waals surface area contributed by atoms with Crippen molar-refractivity contribution in [3.05, 3.63) is 70.2 Å². The molecule has 3 heterocycles. The van der Waals surface area contributed by atoms with Crippen LogP contribution in [0.3, 0.4) is 0 Å². The van der Waals surface area contributed by atoms with E-state index in [1.54, 1.807) is 6.20 Å². The third-order valence-corrected chi connectivity index (χ3v) is 7.15. The molecule has 0 saturated heterocycles. The van der Waals surface area contributed by atoms with E-state index in [-0.39, 0.29) is 12.0 Å². The van der Waals surface area contributed by atoms with E-state index in [9.17, 15) is 10.2 Å². The maximum Gasteiger partial charge on any atom is 0.279 e. The number of hydrogen-bond acceptors (Lipinski definition) is 7. The fourth-order valence-corrected chi connectivity index (χ4v) is 5.15. The van der Waals surface area contributed by atoms with Crippen molar-refractivity contribution in [1.82, 2.24) is 24.9 Å². The summed E-state index contributed by atoms with van der Waals surface area (Å²) in [4.78, 5) is 9.01. The van der Waals surface area contributed by atoms with Crippen LogP contribution in [0.4, 0.5) is 0 Å². The molecule has 8 heteroatoms. The highest BCUT2D eigenvalue weighted by Crippen LogP contribution is 2.39. The molecule has 1 aliphatic carbocycles.